The van der Waals surface area contributed by atoms with E-state index in [2.05, 4.69) is 196 Å². The summed E-state index contributed by atoms with van der Waals surface area (Å²) in [5, 5.41) is 2.27. The van der Waals surface area contributed by atoms with Gasteiger partial charge in [-0.05, 0) is 130 Å². The monoisotopic (exact) mass is 707 g/mol. The van der Waals surface area contributed by atoms with Crippen molar-refractivity contribution in [1.29, 1.82) is 0 Å². The van der Waals surface area contributed by atoms with Gasteiger partial charge in [0.2, 0.25) is 0 Å². The maximum Gasteiger partial charge on any atom is 0.136 e. The van der Waals surface area contributed by atoms with Gasteiger partial charge in [0.25, 0.3) is 0 Å². The largest absolute Gasteiger partial charge is 0.456 e. The van der Waals surface area contributed by atoms with Crippen LogP contribution in [-0.4, -0.2) is 0 Å². The second-order valence-electron chi connectivity index (χ2n) is 15.5. The van der Waals surface area contributed by atoms with Gasteiger partial charge in [0.15, 0.2) is 0 Å². The lowest BCUT2D eigenvalue weighted by atomic mass is 9.81. The zero-order valence-electron chi connectivity index (χ0n) is 31.6. The van der Waals surface area contributed by atoms with Crippen LogP contribution in [0.1, 0.15) is 36.1 Å². The zero-order valence-corrected chi connectivity index (χ0v) is 31.6. The molecule has 264 valence electrons. The molecule has 0 unspecified atom stereocenters. The van der Waals surface area contributed by atoms with E-state index in [4.69, 9.17) is 4.42 Å². The molecule has 0 fully saturated rings. The van der Waals surface area contributed by atoms with Crippen LogP contribution in [0.5, 0.6) is 0 Å². The summed E-state index contributed by atoms with van der Waals surface area (Å²) in [4.78, 5) is 2.38. The van der Waals surface area contributed by atoms with E-state index in [1.54, 1.807) is 0 Å². The van der Waals surface area contributed by atoms with Crippen molar-refractivity contribution >= 4 is 39.0 Å². The average Bonchev–Trinajstić information content (AvgIpc) is 3.70. The number of para-hydroxylation sites is 1. The third kappa shape index (κ3) is 5.48. The smallest absolute Gasteiger partial charge is 0.136 e. The summed E-state index contributed by atoms with van der Waals surface area (Å²) in [6.45, 7) is 9.19. The second kappa shape index (κ2) is 12.7. The molecule has 0 spiro atoms. The predicted octanol–water partition coefficient (Wildman–Crippen LogP) is 15.0. The number of hydrogen-bond acceptors (Lipinski definition) is 2. The minimum Gasteiger partial charge on any atom is -0.456 e. The third-order valence-electron chi connectivity index (χ3n) is 11.6. The number of rotatable bonds is 6. The fraction of sp³-hybridized carbons (Fsp3) is 0.0943. The molecule has 2 heteroatoms. The fourth-order valence-electron chi connectivity index (χ4n) is 8.97. The summed E-state index contributed by atoms with van der Waals surface area (Å²) < 4.78 is 6.29. The Hall–Kier alpha value is -6.64. The molecule has 1 aromatic heterocycles. The van der Waals surface area contributed by atoms with Gasteiger partial charge in [-0.15, -0.1) is 0 Å². The van der Waals surface area contributed by atoms with Gasteiger partial charge in [0.1, 0.15) is 11.2 Å². The van der Waals surface area contributed by atoms with Crippen LogP contribution in [-0.2, 0) is 5.41 Å². The minimum absolute atomic E-state index is 0.0391. The van der Waals surface area contributed by atoms with Gasteiger partial charge >= 0.3 is 0 Å². The van der Waals surface area contributed by atoms with E-state index >= 15 is 0 Å². The molecule has 55 heavy (non-hydrogen) atoms. The summed E-state index contributed by atoms with van der Waals surface area (Å²) in [6, 6.07) is 63.9. The summed E-state index contributed by atoms with van der Waals surface area (Å²) >= 11 is 0. The Labute approximate surface area is 323 Å². The molecule has 1 aliphatic rings. The lowest BCUT2D eigenvalue weighted by Gasteiger charge is -2.27. The van der Waals surface area contributed by atoms with Gasteiger partial charge in [-0.3, -0.25) is 0 Å². The van der Waals surface area contributed by atoms with E-state index < -0.39 is 0 Å². The normalized spacial score (nSPS) is 12.9. The molecule has 0 aliphatic heterocycles. The topological polar surface area (TPSA) is 16.4 Å². The molecule has 1 aliphatic carbocycles. The molecule has 8 aromatic carbocycles. The van der Waals surface area contributed by atoms with Crippen LogP contribution in [0.15, 0.2) is 180 Å². The summed E-state index contributed by atoms with van der Waals surface area (Å²) in [5.41, 5.74) is 20.4. The van der Waals surface area contributed by atoms with Gasteiger partial charge in [-0.25, -0.2) is 0 Å². The van der Waals surface area contributed by atoms with Crippen LogP contribution >= 0.6 is 0 Å². The van der Waals surface area contributed by atoms with Crippen molar-refractivity contribution < 1.29 is 4.42 Å². The van der Waals surface area contributed by atoms with Crippen LogP contribution in [0.4, 0.5) is 17.1 Å². The van der Waals surface area contributed by atoms with Gasteiger partial charge in [0.05, 0.1) is 0 Å². The number of fused-ring (bicyclic) bond motifs is 6. The first kappa shape index (κ1) is 33.0. The van der Waals surface area contributed by atoms with Gasteiger partial charge in [-0.2, -0.15) is 0 Å². The van der Waals surface area contributed by atoms with Crippen LogP contribution in [0.25, 0.3) is 66.4 Å². The highest BCUT2D eigenvalue weighted by atomic mass is 16.3. The SMILES string of the molecule is Cc1cc(C)c2c(c1)C(C)(C)c1ccc(-c3cccc(N(c4ccc(-c5ccccc5)cc4)c4cccc(-c5cccc6oc7ccccc7c56)c4)c3)cc1-2. The first-order valence-electron chi connectivity index (χ1n) is 19.2. The Morgan fingerprint density at radius 3 is 1.85 bits per heavy atom. The minimum atomic E-state index is -0.0391. The molecule has 0 amide bonds. The van der Waals surface area contributed by atoms with Crippen molar-refractivity contribution in [3.8, 4) is 44.5 Å². The lowest BCUT2D eigenvalue weighted by Crippen LogP contribution is -2.15. The van der Waals surface area contributed by atoms with E-state index in [0.29, 0.717) is 0 Å². The van der Waals surface area contributed by atoms with Crippen molar-refractivity contribution in [1.82, 2.24) is 0 Å². The van der Waals surface area contributed by atoms with E-state index in [1.807, 2.05) is 12.1 Å². The predicted molar refractivity (Wildman–Crippen MR) is 232 cm³/mol. The molecule has 0 saturated carbocycles. The summed E-state index contributed by atoms with van der Waals surface area (Å²) in [7, 11) is 0. The lowest BCUT2D eigenvalue weighted by molar-refractivity contribution is 0.659. The Morgan fingerprint density at radius 1 is 0.436 bits per heavy atom. The highest BCUT2D eigenvalue weighted by molar-refractivity contribution is 6.12. The summed E-state index contributed by atoms with van der Waals surface area (Å²) in [5.74, 6) is 0. The van der Waals surface area contributed by atoms with Gasteiger partial charge in [0, 0.05) is 33.2 Å². The van der Waals surface area contributed by atoms with Crippen LogP contribution in [0.2, 0.25) is 0 Å². The van der Waals surface area contributed by atoms with E-state index in [9.17, 15) is 0 Å². The van der Waals surface area contributed by atoms with Gasteiger partial charge in [-0.1, -0.05) is 141 Å². The number of hydrogen-bond donors (Lipinski definition) is 0. The number of nitrogens with zero attached hydrogens (tertiary/aromatic N) is 1. The Kier molecular flexibility index (Phi) is 7.64. The van der Waals surface area contributed by atoms with Crippen LogP contribution in [0.3, 0.4) is 0 Å². The van der Waals surface area contributed by atoms with Crippen LogP contribution in [0, 0.1) is 13.8 Å². The Bertz CT molecular complexity index is 2910. The maximum absolute atomic E-state index is 6.29. The molecule has 0 atom stereocenters. The highest BCUT2D eigenvalue weighted by Crippen LogP contribution is 2.51. The quantitative estimate of drug-likeness (QED) is 0.171. The maximum atomic E-state index is 6.29. The van der Waals surface area contributed by atoms with Crippen molar-refractivity contribution in [3.05, 3.63) is 198 Å². The Morgan fingerprint density at radius 2 is 1.05 bits per heavy atom. The molecular formula is C53H41NO. The molecule has 0 N–H and O–H groups in total. The summed E-state index contributed by atoms with van der Waals surface area (Å²) in [6.07, 6.45) is 0. The number of furan rings is 1. The van der Waals surface area contributed by atoms with Crippen LogP contribution < -0.4 is 4.90 Å². The zero-order chi connectivity index (χ0) is 37.3. The number of anilines is 3. The molecule has 10 rings (SSSR count). The first-order chi connectivity index (χ1) is 26.8. The van der Waals surface area contributed by atoms with Crippen molar-refractivity contribution in [3.63, 3.8) is 0 Å². The molecule has 9 aromatic rings. The molecular weight excluding hydrogens is 667 g/mol. The fourth-order valence-corrected chi connectivity index (χ4v) is 8.97. The van der Waals surface area contributed by atoms with Crippen molar-refractivity contribution in [2.24, 2.45) is 0 Å². The highest BCUT2D eigenvalue weighted by Gasteiger charge is 2.36. The number of benzene rings is 8. The van der Waals surface area contributed by atoms with E-state index in [0.717, 1.165) is 50.1 Å². The van der Waals surface area contributed by atoms with E-state index in [1.165, 1.54) is 55.6 Å². The molecule has 1 heterocycles. The van der Waals surface area contributed by atoms with Crippen molar-refractivity contribution in [2.75, 3.05) is 4.90 Å². The Balaban J connectivity index is 1.11. The molecule has 0 radical (unpaired) electrons. The molecule has 0 bridgehead atoms. The average molecular weight is 708 g/mol. The first-order valence-corrected chi connectivity index (χ1v) is 19.2. The second-order valence-corrected chi connectivity index (χ2v) is 15.5. The third-order valence-corrected chi connectivity index (χ3v) is 11.6. The van der Waals surface area contributed by atoms with Crippen molar-refractivity contribution in [2.45, 2.75) is 33.1 Å². The van der Waals surface area contributed by atoms with Gasteiger partial charge < -0.3 is 9.32 Å². The molecule has 0 saturated heterocycles. The molecule has 2 nitrogen and oxygen atoms in total. The number of aryl methyl sites for hydroxylation is 2. The standard InChI is InChI=1S/C53H41NO/c1-34-29-35(2)51-46-33-39(25-28-47(46)53(3,4)48(51)30-34)38-15-10-17-42(31-38)54(41-26-23-37(24-27-41)36-13-6-5-7-14-36)43-18-11-16-40(32-43)44-20-12-22-50-52(44)45-19-8-9-21-49(45)55-50/h5-33H,1-4H3. The van der Waals surface area contributed by atoms with E-state index in [-0.39, 0.29) is 5.41 Å².